The first-order valence-corrected chi connectivity index (χ1v) is 12.0. The smallest absolute Gasteiger partial charge is 0.186 e. The highest BCUT2D eigenvalue weighted by molar-refractivity contribution is 7.93. The number of ether oxygens (including phenoxy) is 2. The lowest BCUT2D eigenvalue weighted by Crippen LogP contribution is -2.26. The van der Waals surface area contributed by atoms with E-state index in [-0.39, 0.29) is 5.92 Å². The molecule has 5 heteroatoms. The maximum Gasteiger partial charge on any atom is 0.186 e. The number of benzene rings is 3. The second-order valence-electron chi connectivity index (χ2n) is 8.32. The van der Waals surface area contributed by atoms with Gasteiger partial charge in [-0.2, -0.15) is 0 Å². The third-order valence-corrected chi connectivity index (χ3v) is 8.74. The molecule has 1 fully saturated rings. The predicted molar refractivity (Wildman–Crippen MR) is 121 cm³/mol. The minimum atomic E-state index is -3.58. The molecule has 4 nitrogen and oxygen atoms in total. The van der Waals surface area contributed by atoms with Gasteiger partial charge >= 0.3 is 0 Å². The van der Waals surface area contributed by atoms with E-state index in [1.807, 2.05) is 79.7 Å². The quantitative estimate of drug-likeness (QED) is 0.476. The first kappa shape index (κ1) is 21.8. The van der Waals surface area contributed by atoms with Crippen molar-refractivity contribution in [3.63, 3.8) is 0 Å². The highest BCUT2D eigenvalue weighted by Crippen LogP contribution is 2.55. The number of hydrogen-bond acceptors (Lipinski definition) is 4. The monoisotopic (exact) mass is 436 g/mol. The van der Waals surface area contributed by atoms with Gasteiger partial charge in [0.2, 0.25) is 0 Å². The Balaban J connectivity index is 1.51. The molecule has 3 aromatic carbocycles. The van der Waals surface area contributed by atoms with Crippen molar-refractivity contribution in [2.75, 3.05) is 6.61 Å². The van der Waals surface area contributed by atoms with E-state index in [9.17, 15) is 8.42 Å². The van der Waals surface area contributed by atoms with Crippen LogP contribution in [0, 0.1) is 12.8 Å². The maximum absolute atomic E-state index is 13.6. The normalized spacial score (nSPS) is 22.9. The van der Waals surface area contributed by atoms with E-state index in [4.69, 9.17) is 9.47 Å². The van der Waals surface area contributed by atoms with Crippen molar-refractivity contribution < 1.29 is 17.9 Å². The SMILES string of the molecule is Cc1ccc(S(=O)(=O)[C@@]2(C)[C@H](OCc3ccccc3)[C@@H]2COCc2ccccc2)cc1. The van der Waals surface area contributed by atoms with E-state index >= 15 is 0 Å². The Morgan fingerprint density at radius 2 is 1.35 bits per heavy atom. The Kier molecular flexibility index (Phi) is 6.28. The number of sulfone groups is 1. The van der Waals surface area contributed by atoms with Crippen LogP contribution in [0.2, 0.25) is 0 Å². The molecule has 0 N–H and O–H groups in total. The van der Waals surface area contributed by atoms with Gasteiger partial charge in [0, 0.05) is 5.92 Å². The molecule has 3 atom stereocenters. The van der Waals surface area contributed by atoms with Gasteiger partial charge in [0.25, 0.3) is 0 Å². The third kappa shape index (κ3) is 4.45. The van der Waals surface area contributed by atoms with E-state index in [1.54, 1.807) is 19.1 Å². The zero-order valence-electron chi connectivity index (χ0n) is 17.9. The Morgan fingerprint density at radius 3 is 1.94 bits per heavy atom. The lowest BCUT2D eigenvalue weighted by atomic mass is 10.2. The molecule has 0 heterocycles. The summed E-state index contributed by atoms with van der Waals surface area (Å²) in [6.07, 6.45) is -0.421. The van der Waals surface area contributed by atoms with Crippen LogP contribution in [0.15, 0.2) is 89.8 Å². The first-order valence-electron chi connectivity index (χ1n) is 10.5. The summed E-state index contributed by atoms with van der Waals surface area (Å²) in [5.41, 5.74) is 3.11. The van der Waals surface area contributed by atoms with Crippen LogP contribution in [-0.2, 0) is 32.5 Å². The highest BCUT2D eigenvalue weighted by Gasteiger charge is 2.70. The molecule has 0 bridgehead atoms. The van der Waals surface area contributed by atoms with E-state index in [1.165, 1.54) is 0 Å². The van der Waals surface area contributed by atoms with Gasteiger partial charge in [-0.25, -0.2) is 8.42 Å². The molecule has 0 spiro atoms. The average Bonchev–Trinajstić information content (AvgIpc) is 3.38. The molecule has 1 aliphatic rings. The van der Waals surface area contributed by atoms with Crippen LogP contribution >= 0.6 is 0 Å². The Labute approximate surface area is 184 Å². The molecule has 31 heavy (non-hydrogen) atoms. The summed E-state index contributed by atoms with van der Waals surface area (Å²) in [7, 11) is -3.58. The summed E-state index contributed by atoms with van der Waals surface area (Å²) in [4.78, 5) is 0.333. The zero-order chi connectivity index (χ0) is 21.9. The van der Waals surface area contributed by atoms with Crippen molar-refractivity contribution in [1.29, 1.82) is 0 Å². The van der Waals surface area contributed by atoms with Gasteiger partial charge in [-0.05, 0) is 37.1 Å². The van der Waals surface area contributed by atoms with Crippen molar-refractivity contribution in [3.05, 3.63) is 102 Å². The average molecular weight is 437 g/mol. The van der Waals surface area contributed by atoms with Gasteiger partial charge in [0.15, 0.2) is 9.84 Å². The van der Waals surface area contributed by atoms with E-state index in [2.05, 4.69) is 0 Å². The van der Waals surface area contributed by atoms with Crippen LogP contribution in [0.4, 0.5) is 0 Å². The van der Waals surface area contributed by atoms with Gasteiger partial charge < -0.3 is 9.47 Å². The molecule has 0 radical (unpaired) electrons. The fraction of sp³-hybridized carbons (Fsp3) is 0.308. The van der Waals surface area contributed by atoms with Crippen LogP contribution in [-0.4, -0.2) is 25.9 Å². The molecular weight excluding hydrogens is 408 g/mol. The summed E-state index contributed by atoms with van der Waals surface area (Å²) in [5.74, 6) is -0.230. The van der Waals surface area contributed by atoms with Crippen molar-refractivity contribution in [3.8, 4) is 0 Å². The molecule has 4 rings (SSSR count). The van der Waals surface area contributed by atoms with Gasteiger partial charge in [-0.1, -0.05) is 78.4 Å². The van der Waals surface area contributed by atoms with Crippen molar-refractivity contribution in [2.45, 2.75) is 42.8 Å². The second-order valence-corrected chi connectivity index (χ2v) is 10.7. The topological polar surface area (TPSA) is 52.6 Å². The van der Waals surface area contributed by atoms with Crippen molar-refractivity contribution >= 4 is 9.84 Å². The molecule has 0 aromatic heterocycles. The first-order chi connectivity index (χ1) is 14.9. The molecule has 0 unspecified atom stereocenters. The molecule has 3 aromatic rings. The number of aryl methyl sites for hydroxylation is 1. The summed E-state index contributed by atoms with van der Waals surface area (Å²) in [6, 6.07) is 26.7. The van der Waals surface area contributed by atoms with Crippen LogP contribution in [0.5, 0.6) is 0 Å². The third-order valence-electron chi connectivity index (χ3n) is 6.15. The van der Waals surface area contributed by atoms with Gasteiger partial charge in [0.05, 0.1) is 30.8 Å². The van der Waals surface area contributed by atoms with Crippen molar-refractivity contribution in [1.82, 2.24) is 0 Å². The van der Waals surface area contributed by atoms with Gasteiger partial charge in [-0.15, -0.1) is 0 Å². The minimum absolute atomic E-state index is 0.230. The second kappa shape index (κ2) is 8.95. The predicted octanol–water partition coefficient (Wildman–Crippen LogP) is 4.96. The van der Waals surface area contributed by atoms with Gasteiger partial charge in [0.1, 0.15) is 4.75 Å². The van der Waals surface area contributed by atoms with E-state index < -0.39 is 20.7 Å². The highest BCUT2D eigenvalue weighted by atomic mass is 32.2. The maximum atomic E-state index is 13.6. The minimum Gasteiger partial charge on any atom is -0.376 e. The summed E-state index contributed by atoms with van der Waals surface area (Å²) >= 11 is 0. The molecule has 1 saturated carbocycles. The van der Waals surface area contributed by atoms with E-state index in [0.29, 0.717) is 24.7 Å². The Morgan fingerprint density at radius 1 is 0.806 bits per heavy atom. The standard InChI is InChI=1S/C26H28O4S/c1-20-13-15-23(16-14-20)31(27,28)26(2)24(19-29-17-21-9-5-3-6-10-21)25(26)30-18-22-11-7-4-8-12-22/h3-16,24-25H,17-19H2,1-2H3/t24-,25+,26+/m0/s1. The zero-order valence-corrected chi connectivity index (χ0v) is 18.7. The lowest BCUT2D eigenvalue weighted by molar-refractivity contribution is 0.0609. The van der Waals surface area contributed by atoms with Crippen LogP contribution in [0.1, 0.15) is 23.6 Å². The molecule has 1 aliphatic carbocycles. The molecule has 162 valence electrons. The molecule has 0 saturated heterocycles. The fourth-order valence-electron chi connectivity index (χ4n) is 4.03. The van der Waals surface area contributed by atoms with Crippen LogP contribution < -0.4 is 0 Å². The molecule has 0 aliphatic heterocycles. The summed E-state index contributed by atoms with van der Waals surface area (Å²) in [5, 5.41) is 0. The Bertz CT molecular complexity index is 1100. The van der Waals surface area contributed by atoms with Crippen LogP contribution in [0.25, 0.3) is 0 Å². The van der Waals surface area contributed by atoms with Gasteiger partial charge in [-0.3, -0.25) is 0 Å². The van der Waals surface area contributed by atoms with Crippen LogP contribution in [0.3, 0.4) is 0 Å². The summed E-state index contributed by atoms with van der Waals surface area (Å²) in [6.45, 7) is 4.88. The summed E-state index contributed by atoms with van der Waals surface area (Å²) < 4.78 is 38.2. The van der Waals surface area contributed by atoms with Crippen molar-refractivity contribution in [2.24, 2.45) is 5.92 Å². The number of rotatable bonds is 9. The number of hydrogen-bond donors (Lipinski definition) is 0. The Hall–Kier alpha value is -2.47. The fourth-order valence-corrected chi connectivity index (χ4v) is 6.09. The lowest BCUT2D eigenvalue weighted by Gasteiger charge is -2.14. The molecule has 0 amide bonds. The molecular formula is C26H28O4S. The van der Waals surface area contributed by atoms with E-state index in [0.717, 1.165) is 16.7 Å². The largest absolute Gasteiger partial charge is 0.376 e.